The Labute approximate surface area is 218 Å². The van der Waals surface area contributed by atoms with E-state index in [-0.39, 0.29) is 17.3 Å². The lowest BCUT2D eigenvalue weighted by atomic mass is 10.1. The summed E-state index contributed by atoms with van der Waals surface area (Å²) < 4.78 is 7.11. The van der Waals surface area contributed by atoms with Gasteiger partial charge in [0.05, 0.1) is 25.9 Å². The number of amides is 2. The summed E-state index contributed by atoms with van der Waals surface area (Å²) in [5.74, 6) is -1.15. The molecule has 0 fully saturated rings. The summed E-state index contributed by atoms with van der Waals surface area (Å²) in [7, 11) is 0. The Balaban J connectivity index is 1.55. The van der Waals surface area contributed by atoms with Crippen LogP contribution in [0.1, 0.15) is 10.4 Å². The molecule has 3 N–H and O–H groups in total. The van der Waals surface area contributed by atoms with E-state index in [0.717, 1.165) is 33.4 Å². The summed E-state index contributed by atoms with van der Waals surface area (Å²) in [5.41, 5.74) is 2.87. The molecule has 12 nitrogen and oxygen atoms in total. The monoisotopic (exact) mass is 625 g/mol. The molecule has 0 radical (unpaired) electrons. The number of carbonyl (C=O) groups excluding carboxylic acids is 2. The third-order valence-electron chi connectivity index (χ3n) is 4.37. The molecule has 0 saturated heterocycles. The second kappa shape index (κ2) is 11.2. The van der Waals surface area contributed by atoms with E-state index in [1.807, 2.05) is 24.3 Å². The molecule has 0 unspecified atom stereocenters. The number of rotatable bonds is 6. The van der Waals surface area contributed by atoms with Crippen LogP contribution in [0, 0.1) is 20.2 Å². The van der Waals surface area contributed by atoms with Crippen molar-refractivity contribution in [1.82, 2.24) is 16.2 Å². The number of non-ortho nitro benzene ring substituents is 2. The Morgan fingerprint density at radius 1 is 0.943 bits per heavy atom. The van der Waals surface area contributed by atoms with Crippen molar-refractivity contribution in [3.8, 4) is 5.75 Å². The van der Waals surface area contributed by atoms with E-state index in [1.165, 1.54) is 0 Å². The summed E-state index contributed by atoms with van der Waals surface area (Å²) >= 11 is 11.8. The number of thiocarbonyl (C=S) groups is 1. The average molecular weight is 627 g/mol. The second-order valence-corrected chi connectivity index (χ2v) is 8.86. The lowest BCUT2D eigenvalue weighted by Gasteiger charge is -2.13. The molecule has 3 rings (SSSR count). The molecule has 0 aliphatic heterocycles. The molecule has 0 aliphatic rings. The number of fused-ring (bicyclic) bond motifs is 1. The Morgan fingerprint density at radius 3 is 2.23 bits per heavy atom. The highest BCUT2D eigenvalue weighted by Gasteiger charge is 2.20. The van der Waals surface area contributed by atoms with Crippen LogP contribution in [0.25, 0.3) is 10.8 Å². The van der Waals surface area contributed by atoms with Gasteiger partial charge in [-0.2, -0.15) is 0 Å². The fourth-order valence-electron chi connectivity index (χ4n) is 2.80. The molecule has 0 aromatic heterocycles. The predicted octanol–water partition coefficient (Wildman–Crippen LogP) is 3.90. The first-order valence-electron chi connectivity index (χ1n) is 9.39. The number of hydrogen-bond donors (Lipinski definition) is 3. The van der Waals surface area contributed by atoms with E-state index >= 15 is 0 Å². The Morgan fingerprint density at radius 2 is 1.60 bits per heavy atom. The minimum atomic E-state index is -0.952. The van der Waals surface area contributed by atoms with Crippen molar-refractivity contribution >= 4 is 83.2 Å². The summed E-state index contributed by atoms with van der Waals surface area (Å²) in [6, 6.07) is 11.7. The molecule has 180 valence electrons. The Hall–Kier alpha value is -3.69. The highest BCUT2D eigenvalue weighted by molar-refractivity contribution is 9.11. The summed E-state index contributed by atoms with van der Waals surface area (Å²) in [4.78, 5) is 44.6. The van der Waals surface area contributed by atoms with Crippen molar-refractivity contribution in [2.45, 2.75) is 0 Å². The number of nitrogens with zero attached hydrogens (tertiary/aromatic N) is 2. The van der Waals surface area contributed by atoms with Crippen molar-refractivity contribution in [2.75, 3.05) is 6.61 Å². The number of hydrazine groups is 1. The van der Waals surface area contributed by atoms with Crippen LogP contribution >= 0.6 is 44.1 Å². The fourth-order valence-corrected chi connectivity index (χ4v) is 3.93. The van der Waals surface area contributed by atoms with E-state index < -0.39 is 33.0 Å². The number of halogens is 2. The van der Waals surface area contributed by atoms with Crippen molar-refractivity contribution in [2.24, 2.45) is 0 Å². The van der Waals surface area contributed by atoms with E-state index in [0.29, 0.717) is 10.2 Å². The quantitative estimate of drug-likeness (QED) is 0.209. The van der Waals surface area contributed by atoms with Gasteiger partial charge in [-0.3, -0.25) is 46.0 Å². The molecule has 0 spiro atoms. The van der Waals surface area contributed by atoms with Crippen molar-refractivity contribution in [1.29, 1.82) is 0 Å². The van der Waals surface area contributed by atoms with Gasteiger partial charge in [-0.15, -0.1) is 0 Å². The molecule has 15 heteroatoms. The zero-order valence-electron chi connectivity index (χ0n) is 17.2. The molecule has 0 bridgehead atoms. The number of nitro benzene ring substituents is 2. The molecule has 3 aromatic carbocycles. The van der Waals surface area contributed by atoms with Crippen LogP contribution in [0.4, 0.5) is 11.4 Å². The minimum absolute atomic E-state index is 0.352. The predicted molar refractivity (Wildman–Crippen MR) is 136 cm³/mol. The third kappa shape index (κ3) is 6.68. The molecule has 0 saturated carbocycles. The van der Waals surface area contributed by atoms with Gasteiger partial charge in [-0.1, -0.05) is 28.1 Å². The first-order valence-corrected chi connectivity index (χ1v) is 11.4. The van der Waals surface area contributed by atoms with Crippen LogP contribution < -0.4 is 20.9 Å². The summed E-state index contributed by atoms with van der Waals surface area (Å²) in [5, 5.41) is 25.6. The normalized spacial score (nSPS) is 10.3. The summed E-state index contributed by atoms with van der Waals surface area (Å²) in [6.45, 7) is -0.388. The topological polar surface area (TPSA) is 166 Å². The fraction of sp³-hybridized carbons (Fsp3) is 0.0500. The smallest absolute Gasteiger partial charge is 0.277 e. The zero-order chi connectivity index (χ0) is 25.7. The van der Waals surface area contributed by atoms with Crippen molar-refractivity contribution in [3.05, 3.63) is 83.3 Å². The van der Waals surface area contributed by atoms with Gasteiger partial charge in [0.25, 0.3) is 23.2 Å². The minimum Gasteiger partial charge on any atom is -0.483 e. The van der Waals surface area contributed by atoms with Gasteiger partial charge in [0.15, 0.2) is 11.7 Å². The van der Waals surface area contributed by atoms with E-state index in [9.17, 15) is 29.8 Å². The standard InChI is InChI=1S/C20H13Br2N5O7S/c21-12-2-3-15-10(5-12)1-4-16(18(15)22)34-9-17(28)24-25-20(35)23-19(29)11-6-13(26(30)31)8-14(7-11)27(32)33/h1-8H,9H2,(H,24,28)(H2,23,25,29,35). The van der Waals surface area contributed by atoms with Crippen molar-refractivity contribution < 1.29 is 24.2 Å². The van der Waals surface area contributed by atoms with Gasteiger partial charge >= 0.3 is 0 Å². The molecule has 2 amide bonds. The maximum absolute atomic E-state index is 12.3. The van der Waals surface area contributed by atoms with Crippen LogP contribution in [-0.2, 0) is 4.79 Å². The van der Waals surface area contributed by atoms with Gasteiger partial charge < -0.3 is 4.74 Å². The highest BCUT2D eigenvalue weighted by atomic mass is 79.9. The lowest BCUT2D eigenvalue weighted by molar-refractivity contribution is -0.394. The lowest BCUT2D eigenvalue weighted by Crippen LogP contribution is -2.49. The van der Waals surface area contributed by atoms with Crippen LogP contribution in [-0.4, -0.2) is 33.4 Å². The molecule has 0 aliphatic carbocycles. The van der Waals surface area contributed by atoms with Gasteiger partial charge in [-0.25, -0.2) is 0 Å². The first kappa shape index (κ1) is 25.9. The largest absolute Gasteiger partial charge is 0.483 e. The van der Waals surface area contributed by atoms with Crippen LogP contribution in [0.3, 0.4) is 0 Å². The number of nitro groups is 2. The van der Waals surface area contributed by atoms with Crippen LogP contribution in [0.2, 0.25) is 0 Å². The number of benzene rings is 3. The summed E-state index contributed by atoms with van der Waals surface area (Å²) in [6.07, 6.45) is 0. The van der Waals surface area contributed by atoms with Gasteiger partial charge in [0.2, 0.25) is 0 Å². The SMILES string of the molecule is O=C(COc1ccc2cc(Br)ccc2c1Br)NNC(=S)NC(=O)c1cc([N+](=O)[O-])cc([N+](=O)[O-])c1. The van der Waals surface area contributed by atoms with Crippen LogP contribution in [0.5, 0.6) is 5.75 Å². The first-order chi connectivity index (χ1) is 16.5. The number of hydrogen-bond acceptors (Lipinski definition) is 8. The molecule has 3 aromatic rings. The second-order valence-electron chi connectivity index (χ2n) is 6.74. The number of ether oxygens (including phenoxy) is 1. The Kier molecular flexibility index (Phi) is 8.26. The molecule has 35 heavy (non-hydrogen) atoms. The molecule has 0 atom stereocenters. The highest BCUT2D eigenvalue weighted by Crippen LogP contribution is 2.34. The molecular formula is C20H13Br2N5O7S. The van der Waals surface area contributed by atoms with E-state index in [4.69, 9.17) is 17.0 Å². The molecule has 0 heterocycles. The maximum atomic E-state index is 12.3. The van der Waals surface area contributed by atoms with Crippen molar-refractivity contribution in [3.63, 3.8) is 0 Å². The molecular weight excluding hydrogens is 614 g/mol. The Bertz CT molecular complexity index is 1350. The van der Waals surface area contributed by atoms with Gasteiger partial charge in [0.1, 0.15) is 5.75 Å². The van der Waals surface area contributed by atoms with Gasteiger partial charge in [-0.05, 0) is 57.1 Å². The zero-order valence-corrected chi connectivity index (χ0v) is 21.2. The van der Waals surface area contributed by atoms with E-state index in [2.05, 4.69) is 48.0 Å². The number of carbonyl (C=O) groups is 2. The third-order valence-corrected chi connectivity index (χ3v) is 5.88. The van der Waals surface area contributed by atoms with Crippen LogP contribution in [0.15, 0.2) is 57.5 Å². The maximum Gasteiger partial charge on any atom is 0.277 e. The number of nitrogens with one attached hydrogen (secondary N) is 3. The van der Waals surface area contributed by atoms with E-state index in [1.54, 1.807) is 6.07 Å². The average Bonchev–Trinajstić information content (AvgIpc) is 2.81. The van der Waals surface area contributed by atoms with Gasteiger partial charge in [0, 0.05) is 16.6 Å².